The van der Waals surface area contributed by atoms with Crippen LogP contribution in [0.4, 0.5) is 0 Å². The fourth-order valence-electron chi connectivity index (χ4n) is 3.78. The third-order valence-corrected chi connectivity index (χ3v) is 5.45. The fourth-order valence-corrected chi connectivity index (χ4v) is 3.78. The summed E-state index contributed by atoms with van der Waals surface area (Å²) in [5, 5.41) is 2.51. The van der Waals surface area contributed by atoms with Crippen molar-refractivity contribution in [1.82, 2.24) is 14.9 Å². The summed E-state index contributed by atoms with van der Waals surface area (Å²) in [5.74, 6) is -2.29. The van der Waals surface area contributed by atoms with E-state index in [-0.39, 0.29) is 31.3 Å². The minimum absolute atomic E-state index is 0.0584. The predicted molar refractivity (Wildman–Crippen MR) is 112 cm³/mol. The number of ether oxygens (including phenoxy) is 1. The Labute approximate surface area is 177 Å². The smallest absolute Gasteiger partial charge is 0.342 e. The number of aryl methyl sites for hydroxylation is 1. The molecule has 1 N–H and O–H groups in total. The van der Waals surface area contributed by atoms with E-state index in [0.717, 1.165) is 15.7 Å². The number of hydrogen-bond acceptors (Lipinski definition) is 6. The molecule has 2 aromatic carbocycles. The molecule has 0 bridgehead atoms. The molecule has 8 nitrogen and oxygen atoms in total. The molecule has 4 rings (SSSR count). The molecule has 1 saturated heterocycles. The molecular weight excluding hydrogens is 398 g/mol. The van der Waals surface area contributed by atoms with Crippen molar-refractivity contribution >= 4 is 28.7 Å². The average molecular weight is 419 g/mol. The van der Waals surface area contributed by atoms with Crippen molar-refractivity contribution in [3.05, 3.63) is 76.3 Å². The molecular formula is C23H21N3O5. The lowest BCUT2D eigenvalue weighted by atomic mass is 9.91. The summed E-state index contributed by atoms with van der Waals surface area (Å²) < 4.78 is 6.49. The zero-order valence-corrected chi connectivity index (χ0v) is 17.0. The Kier molecular flexibility index (Phi) is 5.37. The van der Waals surface area contributed by atoms with Crippen molar-refractivity contribution in [2.24, 2.45) is 0 Å². The topological polar surface area (TPSA) is 107 Å². The van der Waals surface area contributed by atoms with Crippen LogP contribution in [0.1, 0.15) is 30.4 Å². The first kappa shape index (κ1) is 20.5. The first-order valence-electron chi connectivity index (χ1n) is 9.96. The van der Waals surface area contributed by atoms with Crippen molar-refractivity contribution in [3.8, 4) is 0 Å². The van der Waals surface area contributed by atoms with Crippen molar-refractivity contribution in [2.45, 2.75) is 38.3 Å². The Morgan fingerprint density at radius 1 is 1.16 bits per heavy atom. The SMILES string of the molecule is Cc1ccc2ncn(C3(C(=O)OCc4ccccc4)CCCC(=O)NC3=O)c(=O)c2c1. The molecule has 2 amide bonds. The standard InChI is InChI=1S/C23H21N3O5/c1-15-9-10-18-17(12-15)20(28)26(14-24-18)23(11-5-8-19(27)25-21(23)29)22(30)31-13-16-6-3-2-4-7-16/h2-4,6-7,9-10,12,14H,5,8,11,13H2,1H3,(H,25,27,29). The summed E-state index contributed by atoms with van der Waals surface area (Å²) in [5.41, 5.74) is -0.552. The highest BCUT2D eigenvalue weighted by Gasteiger charge is 2.51. The Morgan fingerprint density at radius 3 is 2.71 bits per heavy atom. The summed E-state index contributed by atoms with van der Waals surface area (Å²) >= 11 is 0. The number of esters is 1. The average Bonchev–Trinajstić information content (AvgIpc) is 2.91. The Morgan fingerprint density at radius 2 is 1.94 bits per heavy atom. The molecule has 0 aliphatic carbocycles. The van der Waals surface area contributed by atoms with Gasteiger partial charge in [0.25, 0.3) is 11.5 Å². The van der Waals surface area contributed by atoms with E-state index in [0.29, 0.717) is 5.52 Å². The second-order valence-corrected chi connectivity index (χ2v) is 7.59. The normalized spacial score (nSPS) is 19.0. The number of rotatable bonds is 4. The van der Waals surface area contributed by atoms with Crippen molar-refractivity contribution < 1.29 is 19.1 Å². The molecule has 1 unspecified atom stereocenters. The van der Waals surface area contributed by atoms with E-state index in [1.807, 2.05) is 19.1 Å². The zero-order valence-electron chi connectivity index (χ0n) is 17.0. The number of carbonyl (C=O) groups is 3. The van der Waals surface area contributed by atoms with Gasteiger partial charge in [-0.2, -0.15) is 0 Å². The predicted octanol–water partition coefficient (Wildman–Crippen LogP) is 1.97. The first-order valence-corrected chi connectivity index (χ1v) is 9.96. The van der Waals surface area contributed by atoms with E-state index in [1.165, 1.54) is 6.33 Å². The van der Waals surface area contributed by atoms with Crippen LogP contribution in [0, 0.1) is 6.92 Å². The Hall–Kier alpha value is -3.81. The third kappa shape index (κ3) is 3.72. The highest BCUT2D eigenvalue weighted by Crippen LogP contribution is 2.28. The lowest BCUT2D eigenvalue weighted by molar-refractivity contribution is -0.161. The maximum absolute atomic E-state index is 13.4. The number of nitrogens with zero attached hydrogens (tertiary/aromatic N) is 2. The first-order chi connectivity index (χ1) is 14.9. The second kappa shape index (κ2) is 8.14. The van der Waals surface area contributed by atoms with Crippen LogP contribution in [0.5, 0.6) is 0 Å². The summed E-state index contributed by atoms with van der Waals surface area (Å²) in [6, 6.07) is 14.2. The van der Waals surface area contributed by atoms with Crippen LogP contribution >= 0.6 is 0 Å². The molecule has 1 aromatic heterocycles. The maximum atomic E-state index is 13.4. The van der Waals surface area contributed by atoms with Crippen LogP contribution in [-0.2, 0) is 31.3 Å². The highest BCUT2D eigenvalue weighted by atomic mass is 16.5. The number of imide groups is 1. The second-order valence-electron chi connectivity index (χ2n) is 7.59. The van der Waals surface area contributed by atoms with Crippen LogP contribution in [-0.4, -0.2) is 27.3 Å². The van der Waals surface area contributed by atoms with Crippen LogP contribution < -0.4 is 10.9 Å². The molecule has 1 aliphatic rings. The molecule has 0 radical (unpaired) electrons. The van der Waals surface area contributed by atoms with Gasteiger partial charge in [0, 0.05) is 6.42 Å². The molecule has 2 heterocycles. The van der Waals surface area contributed by atoms with E-state index in [2.05, 4.69) is 10.3 Å². The number of amides is 2. The third-order valence-electron chi connectivity index (χ3n) is 5.45. The Bertz CT molecular complexity index is 1230. The van der Waals surface area contributed by atoms with E-state index in [1.54, 1.807) is 36.4 Å². The fraction of sp³-hybridized carbons (Fsp3) is 0.261. The van der Waals surface area contributed by atoms with Gasteiger partial charge >= 0.3 is 5.97 Å². The van der Waals surface area contributed by atoms with Gasteiger partial charge in [0.1, 0.15) is 6.61 Å². The number of carbonyl (C=O) groups excluding carboxylic acids is 3. The van der Waals surface area contributed by atoms with Crippen LogP contribution in [0.15, 0.2) is 59.7 Å². The van der Waals surface area contributed by atoms with Crippen LogP contribution in [0.2, 0.25) is 0 Å². The number of hydrogen-bond donors (Lipinski definition) is 1. The van der Waals surface area contributed by atoms with E-state index in [4.69, 9.17) is 4.74 Å². The van der Waals surface area contributed by atoms with Gasteiger partial charge in [-0.1, -0.05) is 42.0 Å². The van der Waals surface area contributed by atoms with Crippen molar-refractivity contribution in [3.63, 3.8) is 0 Å². The lowest BCUT2D eigenvalue weighted by Gasteiger charge is -2.30. The quantitative estimate of drug-likeness (QED) is 0.394. The minimum atomic E-state index is -2.02. The summed E-state index contributed by atoms with van der Waals surface area (Å²) in [6.07, 6.45) is 1.42. The molecule has 1 fully saturated rings. The van der Waals surface area contributed by atoms with Gasteiger partial charge in [0.2, 0.25) is 11.4 Å². The largest absolute Gasteiger partial charge is 0.459 e. The maximum Gasteiger partial charge on any atom is 0.342 e. The molecule has 0 spiro atoms. The summed E-state index contributed by atoms with van der Waals surface area (Å²) in [4.78, 5) is 56.1. The zero-order chi connectivity index (χ0) is 22.0. The molecule has 1 aliphatic heterocycles. The van der Waals surface area contributed by atoms with Gasteiger partial charge < -0.3 is 4.74 Å². The number of nitrogens with one attached hydrogen (secondary N) is 1. The number of benzene rings is 2. The molecule has 0 saturated carbocycles. The van der Waals surface area contributed by atoms with E-state index >= 15 is 0 Å². The number of fused-ring (bicyclic) bond motifs is 1. The summed E-state index contributed by atoms with van der Waals surface area (Å²) in [6.45, 7) is 1.76. The lowest BCUT2D eigenvalue weighted by Crippen LogP contribution is -2.58. The van der Waals surface area contributed by atoms with E-state index in [9.17, 15) is 19.2 Å². The molecule has 158 valence electrons. The number of aromatic nitrogens is 2. The van der Waals surface area contributed by atoms with Crippen molar-refractivity contribution in [1.29, 1.82) is 0 Å². The molecule has 31 heavy (non-hydrogen) atoms. The van der Waals surface area contributed by atoms with E-state index < -0.39 is 28.9 Å². The van der Waals surface area contributed by atoms with Gasteiger partial charge in [0.05, 0.1) is 17.2 Å². The van der Waals surface area contributed by atoms with Gasteiger partial charge in [-0.3, -0.25) is 24.3 Å². The van der Waals surface area contributed by atoms with Gasteiger partial charge in [-0.15, -0.1) is 0 Å². The molecule has 8 heteroatoms. The van der Waals surface area contributed by atoms with Gasteiger partial charge in [-0.25, -0.2) is 9.78 Å². The highest BCUT2D eigenvalue weighted by molar-refractivity contribution is 6.11. The van der Waals surface area contributed by atoms with Gasteiger partial charge in [0.15, 0.2) is 0 Å². The Balaban J connectivity index is 1.83. The minimum Gasteiger partial charge on any atom is -0.459 e. The summed E-state index contributed by atoms with van der Waals surface area (Å²) in [7, 11) is 0. The monoisotopic (exact) mass is 419 g/mol. The van der Waals surface area contributed by atoms with Crippen molar-refractivity contribution in [2.75, 3.05) is 0 Å². The van der Waals surface area contributed by atoms with Gasteiger partial charge in [-0.05, 0) is 37.5 Å². The molecule has 3 aromatic rings. The van der Waals surface area contributed by atoms with Crippen LogP contribution in [0.25, 0.3) is 10.9 Å². The van der Waals surface area contributed by atoms with Crippen LogP contribution in [0.3, 0.4) is 0 Å². The molecule has 1 atom stereocenters.